The number of alkyl carbamates (subject to hydrolysis) is 1. The van der Waals surface area contributed by atoms with Gasteiger partial charge >= 0.3 is 12.1 Å². The molecule has 0 spiro atoms. The molecule has 4 amide bonds. The molecule has 234 valence electrons. The maximum Gasteiger partial charge on any atom is 0.407 e. The van der Waals surface area contributed by atoms with E-state index in [1.807, 2.05) is 48.5 Å². The Kier molecular flexibility index (Phi) is 10.1. The van der Waals surface area contributed by atoms with Crippen LogP contribution in [0.25, 0.3) is 11.1 Å². The Morgan fingerprint density at radius 2 is 1.55 bits per heavy atom. The summed E-state index contributed by atoms with van der Waals surface area (Å²) in [6, 6.07) is 13.7. The first-order valence-electron chi connectivity index (χ1n) is 14.4. The van der Waals surface area contributed by atoms with Crippen molar-refractivity contribution < 1.29 is 33.8 Å². The highest BCUT2D eigenvalue weighted by Crippen LogP contribution is 2.44. The van der Waals surface area contributed by atoms with Gasteiger partial charge in [0.05, 0.1) is 5.69 Å². The van der Waals surface area contributed by atoms with Crippen molar-refractivity contribution in [3.8, 4) is 11.1 Å². The van der Waals surface area contributed by atoms with Gasteiger partial charge in [0.1, 0.15) is 24.2 Å². The van der Waals surface area contributed by atoms with Crippen LogP contribution in [0.3, 0.4) is 0 Å². The van der Waals surface area contributed by atoms with Gasteiger partial charge in [0.15, 0.2) is 0 Å². The summed E-state index contributed by atoms with van der Waals surface area (Å²) in [7, 11) is 0. The van der Waals surface area contributed by atoms with E-state index in [4.69, 9.17) is 9.84 Å². The van der Waals surface area contributed by atoms with Crippen LogP contribution in [0.4, 0.5) is 4.79 Å². The number of ether oxygens (including phenoxy) is 1. The van der Waals surface area contributed by atoms with Crippen molar-refractivity contribution in [2.45, 2.75) is 63.6 Å². The Balaban J connectivity index is 1.40. The number of rotatable bonds is 14. The summed E-state index contributed by atoms with van der Waals surface area (Å²) >= 11 is 0. The van der Waals surface area contributed by atoms with Crippen molar-refractivity contribution in [2.75, 3.05) is 13.2 Å². The van der Waals surface area contributed by atoms with Crippen molar-refractivity contribution in [1.82, 2.24) is 31.5 Å². The van der Waals surface area contributed by atoms with Crippen molar-refractivity contribution in [3.05, 3.63) is 71.5 Å². The molecule has 0 fully saturated rings. The zero-order chi connectivity index (χ0) is 31.9. The summed E-state index contributed by atoms with van der Waals surface area (Å²) in [5, 5.41) is 25.0. The molecule has 13 heteroatoms. The molecule has 0 saturated heterocycles. The fourth-order valence-electron chi connectivity index (χ4n) is 5.12. The molecular weight excluding hydrogens is 568 g/mol. The first-order chi connectivity index (χ1) is 21.0. The maximum atomic E-state index is 13.4. The van der Waals surface area contributed by atoms with Gasteiger partial charge in [0, 0.05) is 31.5 Å². The molecule has 1 aliphatic carbocycles. The van der Waals surface area contributed by atoms with E-state index in [1.165, 1.54) is 13.8 Å². The number of hydrogen-bond acceptors (Lipinski definition) is 6. The SMILES string of the molecule is CCNC(=O)C(CCC(=O)O)NC(=O)C(C)(C)NC(=O)C(Cc1c[nH][nH]1)NC(=O)OCC1c2ccccc2-c2ccccc21. The van der Waals surface area contributed by atoms with Crippen molar-refractivity contribution >= 4 is 29.8 Å². The molecule has 1 heterocycles. The van der Waals surface area contributed by atoms with Gasteiger partial charge in [-0.2, -0.15) is 0 Å². The van der Waals surface area contributed by atoms with Gasteiger partial charge in [-0.05, 0) is 49.4 Å². The molecule has 0 radical (unpaired) electrons. The monoisotopic (exact) mass is 606 g/mol. The average Bonchev–Trinajstić information content (AvgIpc) is 3.28. The molecule has 1 aliphatic rings. The standard InChI is InChI=1S/C31H38N6O7/c1-4-32-27(40)24(13-14-26(38)39)34-29(42)31(2,3)36-28(41)25(15-18-16-33-37-18)35-30(43)44-17-23-21-11-7-5-9-19(21)20-10-6-8-12-22(20)23/h5-12,16,23-25,33,37H,4,13-15,17H2,1-3H3,(H,32,40)(H,34,42)(H,35,43)(H,36,41)(H,38,39). The number of aromatic nitrogens is 2. The normalized spacial score (nSPS) is 13.6. The van der Waals surface area contributed by atoms with Gasteiger partial charge < -0.3 is 41.3 Å². The summed E-state index contributed by atoms with van der Waals surface area (Å²) < 4.78 is 5.62. The van der Waals surface area contributed by atoms with E-state index < -0.39 is 47.4 Å². The van der Waals surface area contributed by atoms with Crippen LogP contribution in [0.2, 0.25) is 0 Å². The molecule has 2 atom stereocenters. The highest BCUT2D eigenvalue weighted by atomic mass is 16.5. The number of fused-ring (bicyclic) bond motifs is 3. The van der Waals surface area contributed by atoms with Crippen LogP contribution in [0.5, 0.6) is 0 Å². The van der Waals surface area contributed by atoms with E-state index in [0.29, 0.717) is 12.2 Å². The largest absolute Gasteiger partial charge is 0.481 e. The number of aromatic amines is 2. The number of benzene rings is 2. The van der Waals surface area contributed by atoms with Gasteiger partial charge in [0.2, 0.25) is 17.7 Å². The average molecular weight is 607 g/mol. The zero-order valence-electron chi connectivity index (χ0n) is 24.9. The van der Waals surface area contributed by atoms with Crippen LogP contribution >= 0.6 is 0 Å². The first-order valence-corrected chi connectivity index (χ1v) is 14.4. The quantitative estimate of drug-likeness (QED) is 0.146. The fraction of sp³-hybridized carbons (Fsp3) is 0.387. The maximum absolute atomic E-state index is 13.4. The Morgan fingerprint density at radius 3 is 2.09 bits per heavy atom. The highest BCUT2D eigenvalue weighted by Gasteiger charge is 2.36. The zero-order valence-corrected chi connectivity index (χ0v) is 24.9. The minimum Gasteiger partial charge on any atom is -0.481 e. The van der Waals surface area contributed by atoms with Gasteiger partial charge in [-0.15, -0.1) is 0 Å². The second-order valence-electron chi connectivity index (χ2n) is 11.1. The summed E-state index contributed by atoms with van der Waals surface area (Å²) in [4.78, 5) is 63.1. The van der Waals surface area contributed by atoms with Gasteiger partial charge in [0.25, 0.3) is 0 Å². The molecule has 2 aromatic carbocycles. The molecule has 7 N–H and O–H groups in total. The number of carbonyl (C=O) groups is 5. The molecule has 2 unspecified atom stereocenters. The molecule has 13 nitrogen and oxygen atoms in total. The number of likely N-dealkylation sites (N-methyl/N-ethyl adjacent to an activating group) is 1. The minimum absolute atomic E-state index is 0.0577. The number of nitrogens with one attached hydrogen (secondary N) is 6. The Bertz CT molecular complexity index is 1460. The second-order valence-corrected chi connectivity index (χ2v) is 11.1. The summed E-state index contributed by atoms with van der Waals surface area (Å²) in [6.45, 7) is 4.93. The van der Waals surface area contributed by atoms with E-state index in [0.717, 1.165) is 22.3 Å². The molecule has 0 saturated carbocycles. The topological polar surface area (TPSA) is 195 Å². The van der Waals surface area contributed by atoms with Gasteiger partial charge in [-0.3, -0.25) is 19.2 Å². The Labute approximate surface area is 254 Å². The van der Waals surface area contributed by atoms with E-state index in [9.17, 15) is 24.0 Å². The predicted octanol–water partition coefficient (Wildman–Crippen LogP) is 2.17. The molecule has 0 bridgehead atoms. The third kappa shape index (κ3) is 7.65. The van der Waals surface area contributed by atoms with Crippen LogP contribution in [0, 0.1) is 0 Å². The van der Waals surface area contributed by atoms with Crippen LogP contribution in [0.15, 0.2) is 54.7 Å². The lowest BCUT2D eigenvalue weighted by Gasteiger charge is -2.30. The van der Waals surface area contributed by atoms with E-state index in [1.54, 1.807) is 13.1 Å². The van der Waals surface area contributed by atoms with Gasteiger partial charge in [-0.25, -0.2) is 4.79 Å². The van der Waals surface area contributed by atoms with Crippen LogP contribution < -0.4 is 21.3 Å². The van der Waals surface area contributed by atoms with E-state index >= 15 is 0 Å². The number of H-pyrrole nitrogens is 2. The third-order valence-corrected chi connectivity index (χ3v) is 7.48. The van der Waals surface area contributed by atoms with Crippen molar-refractivity contribution in [1.29, 1.82) is 0 Å². The summed E-state index contributed by atoms with van der Waals surface area (Å²) in [6.07, 6.45) is 0.456. The number of amides is 4. The molecule has 1 aromatic heterocycles. The summed E-state index contributed by atoms with van der Waals surface area (Å²) in [5.74, 6) is -3.17. The Morgan fingerprint density at radius 1 is 0.932 bits per heavy atom. The van der Waals surface area contributed by atoms with E-state index in [2.05, 4.69) is 31.5 Å². The second kappa shape index (κ2) is 13.9. The predicted molar refractivity (Wildman–Crippen MR) is 161 cm³/mol. The van der Waals surface area contributed by atoms with Crippen LogP contribution in [-0.2, 0) is 30.3 Å². The first kappa shape index (κ1) is 31.9. The van der Waals surface area contributed by atoms with Crippen LogP contribution in [0.1, 0.15) is 56.4 Å². The molecule has 44 heavy (non-hydrogen) atoms. The number of carboxylic acid groups (broad SMARTS) is 1. The van der Waals surface area contributed by atoms with Crippen molar-refractivity contribution in [3.63, 3.8) is 0 Å². The molecule has 4 rings (SSSR count). The smallest absolute Gasteiger partial charge is 0.407 e. The van der Waals surface area contributed by atoms with Crippen molar-refractivity contribution in [2.24, 2.45) is 0 Å². The number of carboxylic acids is 1. The molecular formula is C31H38N6O7. The minimum atomic E-state index is -1.52. The number of aliphatic carboxylic acids is 1. The van der Waals surface area contributed by atoms with Gasteiger partial charge in [-0.1, -0.05) is 48.5 Å². The molecule has 0 aliphatic heterocycles. The molecule has 3 aromatic rings. The van der Waals surface area contributed by atoms with E-state index in [-0.39, 0.29) is 31.8 Å². The lowest BCUT2D eigenvalue weighted by atomic mass is 9.98. The third-order valence-electron chi connectivity index (χ3n) is 7.48. The van der Waals surface area contributed by atoms with Crippen LogP contribution in [-0.4, -0.2) is 75.9 Å². The Hall–Kier alpha value is -5.07. The lowest BCUT2D eigenvalue weighted by Crippen LogP contribution is -2.62. The fourth-order valence-corrected chi connectivity index (χ4v) is 5.12. The number of hydrogen-bond donors (Lipinski definition) is 7. The summed E-state index contributed by atoms with van der Waals surface area (Å²) in [5.41, 5.74) is 3.40. The number of carbonyl (C=O) groups excluding carboxylic acids is 4. The highest BCUT2D eigenvalue weighted by molar-refractivity contribution is 5.96. The lowest BCUT2D eigenvalue weighted by molar-refractivity contribution is -0.138.